The summed E-state index contributed by atoms with van der Waals surface area (Å²) in [5.74, 6) is -1.61. The first-order valence-corrected chi connectivity index (χ1v) is 4.54. The number of benzene rings is 1. The highest BCUT2D eigenvalue weighted by molar-refractivity contribution is 6.30. The van der Waals surface area contributed by atoms with Crippen LogP contribution in [0.5, 0.6) is 0 Å². The van der Waals surface area contributed by atoms with E-state index in [2.05, 4.69) is 0 Å². The highest BCUT2D eigenvalue weighted by Crippen LogP contribution is 2.23. The fraction of sp³-hybridized carbons (Fsp3) is 0.300. The van der Waals surface area contributed by atoms with Gasteiger partial charge in [-0.2, -0.15) is 0 Å². The lowest BCUT2D eigenvalue weighted by Gasteiger charge is -2.10. The summed E-state index contributed by atoms with van der Waals surface area (Å²) in [5, 5.41) is 9.04. The summed E-state index contributed by atoms with van der Waals surface area (Å²) >= 11 is 5.71. The minimum Gasteiger partial charge on any atom is -0.481 e. The van der Waals surface area contributed by atoms with Crippen molar-refractivity contribution in [2.75, 3.05) is 6.67 Å². The summed E-state index contributed by atoms with van der Waals surface area (Å²) in [6.45, 7) is -0.688. The number of hydrogen-bond donors (Lipinski definition) is 1. The molecule has 0 aliphatic rings. The summed E-state index contributed by atoms with van der Waals surface area (Å²) in [5.41, 5.74) is 0.627. The van der Waals surface area contributed by atoms with Gasteiger partial charge in [-0.25, -0.2) is 0 Å². The molecule has 0 aliphatic heterocycles. The minimum absolute atomic E-state index is 0.211. The van der Waals surface area contributed by atoms with Crippen LogP contribution in [0.4, 0.5) is 4.39 Å². The molecule has 0 amide bonds. The van der Waals surface area contributed by atoms with Crippen LogP contribution in [0.1, 0.15) is 17.9 Å². The molecule has 0 aliphatic carbocycles. The van der Waals surface area contributed by atoms with Crippen LogP contribution in [0.25, 0.3) is 0 Å². The molecule has 1 N–H and O–H groups in total. The number of halogens is 2. The third-order valence-electron chi connectivity index (χ3n) is 1.93. The first-order valence-electron chi connectivity index (χ1n) is 4.16. The van der Waals surface area contributed by atoms with Gasteiger partial charge in [-0.05, 0) is 17.7 Å². The lowest BCUT2D eigenvalue weighted by Crippen LogP contribution is -2.08. The molecule has 1 unspecified atom stereocenters. The average molecular weight is 217 g/mol. The van der Waals surface area contributed by atoms with Gasteiger partial charge in [0.2, 0.25) is 0 Å². The SMILES string of the molecule is O=C(O)CC(CF)c1cccc(Cl)c1. The van der Waals surface area contributed by atoms with Crippen LogP contribution in [-0.4, -0.2) is 17.8 Å². The Morgan fingerprint density at radius 2 is 2.29 bits per heavy atom. The van der Waals surface area contributed by atoms with E-state index in [4.69, 9.17) is 16.7 Å². The molecule has 14 heavy (non-hydrogen) atoms. The van der Waals surface area contributed by atoms with Gasteiger partial charge < -0.3 is 5.11 Å². The zero-order valence-electron chi connectivity index (χ0n) is 7.41. The van der Waals surface area contributed by atoms with Crippen molar-refractivity contribution in [2.45, 2.75) is 12.3 Å². The van der Waals surface area contributed by atoms with Gasteiger partial charge >= 0.3 is 5.97 Å². The molecule has 1 aromatic carbocycles. The molecule has 0 saturated heterocycles. The molecule has 0 heterocycles. The van der Waals surface area contributed by atoms with E-state index in [1.807, 2.05) is 0 Å². The van der Waals surface area contributed by atoms with Crippen LogP contribution in [0.2, 0.25) is 5.02 Å². The summed E-state index contributed by atoms with van der Waals surface area (Å²) in [4.78, 5) is 10.4. The molecule has 0 fully saturated rings. The normalized spacial score (nSPS) is 12.4. The van der Waals surface area contributed by atoms with E-state index in [0.717, 1.165) is 0 Å². The van der Waals surface area contributed by atoms with Crippen molar-refractivity contribution in [2.24, 2.45) is 0 Å². The monoisotopic (exact) mass is 216 g/mol. The number of carboxylic acids is 1. The minimum atomic E-state index is -1.01. The summed E-state index contributed by atoms with van der Waals surface area (Å²) < 4.78 is 12.5. The van der Waals surface area contributed by atoms with Crippen LogP contribution in [0.15, 0.2) is 24.3 Å². The zero-order chi connectivity index (χ0) is 10.6. The first-order chi connectivity index (χ1) is 6.63. The topological polar surface area (TPSA) is 37.3 Å². The highest BCUT2D eigenvalue weighted by Gasteiger charge is 2.15. The zero-order valence-corrected chi connectivity index (χ0v) is 8.17. The molecular weight excluding hydrogens is 207 g/mol. The average Bonchev–Trinajstić information content (AvgIpc) is 2.14. The maximum absolute atomic E-state index is 12.5. The smallest absolute Gasteiger partial charge is 0.304 e. The third-order valence-corrected chi connectivity index (χ3v) is 2.16. The Bertz CT molecular complexity index is 328. The number of rotatable bonds is 4. The molecule has 4 heteroatoms. The largest absolute Gasteiger partial charge is 0.481 e. The molecule has 1 aromatic rings. The van der Waals surface area contributed by atoms with Gasteiger partial charge in [0, 0.05) is 10.9 Å². The standard InChI is InChI=1S/C10H10ClFO2/c11-9-3-1-2-7(4-9)8(6-12)5-10(13)14/h1-4,8H,5-6H2,(H,13,14). The molecule has 1 atom stereocenters. The lowest BCUT2D eigenvalue weighted by molar-refractivity contribution is -0.137. The molecule has 0 aromatic heterocycles. The van der Waals surface area contributed by atoms with Crippen molar-refractivity contribution in [3.63, 3.8) is 0 Å². The molecule has 76 valence electrons. The Morgan fingerprint density at radius 3 is 2.79 bits per heavy atom. The van der Waals surface area contributed by atoms with E-state index in [1.54, 1.807) is 24.3 Å². The Hall–Kier alpha value is -1.09. The lowest BCUT2D eigenvalue weighted by atomic mass is 9.97. The molecule has 0 saturated carbocycles. The molecule has 0 radical (unpaired) electrons. The number of aliphatic carboxylic acids is 1. The van der Waals surface area contributed by atoms with Crippen LogP contribution in [0.3, 0.4) is 0 Å². The summed E-state index contributed by atoms with van der Waals surface area (Å²) in [6, 6.07) is 6.62. The maximum Gasteiger partial charge on any atom is 0.304 e. The Balaban J connectivity index is 2.83. The van der Waals surface area contributed by atoms with Gasteiger partial charge in [0.05, 0.1) is 13.1 Å². The molecule has 0 spiro atoms. The van der Waals surface area contributed by atoms with Crippen molar-refractivity contribution < 1.29 is 14.3 Å². The predicted octanol–water partition coefficient (Wildman–Crippen LogP) is 2.87. The van der Waals surface area contributed by atoms with E-state index < -0.39 is 18.6 Å². The van der Waals surface area contributed by atoms with Gasteiger partial charge in [-0.1, -0.05) is 23.7 Å². The van der Waals surface area contributed by atoms with Crippen LogP contribution < -0.4 is 0 Å². The van der Waals surface area contributed by atoms with Crippen molar-refractivity contribution in [1.29, 1.82) is 0 Å². The second-order valence-corrected chi connectivity index (χ2v) is 3.44. The number of carbonyl (C=O) groups is 1. The highest BCUT2D eigenvalue weighted by atomic mass is 35.5. The van der Waals surface area contributed by atoms with Crippen molar-refractivity contribution in [1.82, 2.24) is 0 Å². The summed E-state index contributed by atoms with van der Waals surface area (Å²) in [6.07, 6.45) is -0.211. The van der Waals surface area contributed by atoms with E-state index in [0.29, 0.717) is 10.6 Å². The van der Waals surface area contributed by atoms with Gasteiger partial charge in [0.15, 0.2) is 0 Å². The molecule has 0 bridgehead atoms. The van der Waals surface area contributed by atoms with E-state index in [9.17, 15) is 9.18 Å². The molecular formula is C10H10ClFO2. The summed E-state index contributed by atoms with van der Waals surface area (Å²) in [7, 11) is 0. The van der Waals surface area contributed by atoms with E-state index in [-0.39, 0.29) is 6.42 Å². The van der Waals surface area contributed by atoms with Crippen molar-refractivity contribution in [3.8, 4) is 0 Å². The maximum atomic E-state index is 12.5. The fourth-order valence-electron chi connectivity index (χ4n) is 1.23. The van der Waals surface area contributed by atoms with E-state index >= 15 is 0 Å². The van der Waals surface area contributed by atoms with Gasteiger partial charge in [0.25, 0.3) is 0 Å². The van der Waals surface area contributed by atoms with Crippen LogP contribution >= 0.6 is 11.6 Å². The predicted molar refractivity (Wildman–Crippen MR) is 52.4 cm³/mol. The van der Waals surface area contributed by atoms with Gasteiger partial charge in [-0.3, -0.25) is 9.18 Å². The number of carboxylic acid groups (broad SMARTS) is 1. The fourth-order valence-corrected chi connectivity index (χ4v) is 1.43. The Labute approximate surface area is 86.3 Å². The first kappa shape index (κ1) is 11.0. The molecule has 2 nitrogen and oxygen atoms in total. The van der Waals surface area contributed by atoms with Crippen molar-refractivity contribution >= 4 is 17.6 Å². The Morgan fingerprint density at radius 1 is 1.57 bits per heavy atom. The van der Waals surface area contributed by atoms with Gasteiger partial charge in [-0.15, -0.1) is 0 Å². The Kier molecular flexibility index (Phi) is 3.89. The number of hydrogen-bond acceptors (Lipinski definition) is 1. The second kappa shape index (κ2) is 4.96. The quantitative estimate of drug-likeness (QED) is 0.840. The van der Waals surface area contributed by atoms with Crippen LogP contribution in [-0.2, 0) is 4.79 Å². The second-order valence-electron chi connectivity index (χ2n) is 3.00. The van der Waals surface area contributed by atoms with Crippen molar-refractivity contribution in [3.05, 3.63) is 34.9 Å². The number of alkyl halides is 1. The van der Waals surface area contributed by atoms with E-state index in [1.165, 1.54) is 0 Å². The molecule has 1 rings (SSSR count). The third kappa shape index (κ3) is 3.00. The van der Waals surface area contributed by atoms with Gasteiger partial charge in [0.1, 0.15) is 0 Å². The van der Waals surface area contributed by atoms with Crippen LogP contribution in [0, 0.1) is 0 Å².